The molecule has 1 amide bonds. The number of hydrogen-bond donors (Lipinski definition) is 1. The molecule has 0 aliphatic heterocycles. The monoisotopic (exact) mass is 482 g/mol. The summed E-state index contributed by atoms with van der Waals surface area (Å²) in [6, 6.07) is 17.4. The number of para-hydroxylation sites is 1. The first-order valence-electron chi connectivity index (χ1n) is 8.77. The number of anilines is 2. The minimum atomic E-state index is -4.05. The van der Waals surface area contributed by atoms with Gasteiger partial charge < -0.3 is 5.32 Å². The molecule has 0 spiro atoms. The molecule has 0 aromatic heterocycles. The van der Waals surface area contributed by atoms with Crippen LogP contribution in [0.25, 0.3) is 0 Å². The number of amides is 1. The third kappa shape index (κ3) is 5.08. The Labute approximate surface area is 190 Å². The third-order valence-electron chi connectivity index (χ3n) is 4.22. The molecule has 5 nitrogen and oxygen atoms in total. The van der Waals surface area contributed by atoms with Gasteiger partial charge in [0.2, 0.25) is 5.91 Å². The Kier molecular flexibility index (Phi) is 6.93. The van der Waals surface area contributed by atoms with Crippen molar-refractivity contribution in [3.8, 4) is 0 Å². The van der Waals surface area contributed by atoms with Gasteiger partial charge in [-0.05, 0) is 49.4 Å². The van der Waals surface area contributed by atoms with Crippen LogP contribution in [-0.4, -0.2) is 20.9 Å². The van der Waals surface area contributed by atoms with Crippen molar-refractivity contribution in [3.05, 3.63) is 87.4 Å². The number of aryl methyl sites for hydroxylation is 1. The van der Waals surface area contributed by atoms with Gasteiger partial charge in [-0.25, -0.2) is 8.42 Å². The van der Waals surface area contributed by atoms with Crippen LogP contribution in [0.4, 0.5) is 11.4 Å². The molecule has 0 bridgehead atoms. The topological polar surface area (TPSA) is 66.5 Å². The molecule has 30 heavy (non-hydrogen) atoms. The molecule has 0 aliphatic carbocycles. The Morgan fingerprint density at radius 3 is 2.13 bits per heavy atom. The van der Waals surface area contributed by atoms with Crippen molar-refractivity contribution >= 4 is 62.1 Å². The zero-order valence-corrected chi connectivity index (χ0v) is 18.9. The molecule has 3 rings (SSSR count). The van der Waals surface area contributed by atoms with Crippen molar-refractivity contribution in [2.75, 3.05) is 16.2 Å². The molecule has 3 aromatic carbocycles. The Morgan fingerprint density at radius 2 is 1.53 bits per heavy atom. The maximum absolute atomic E-state index is 13.3. The number of benzene rings is 3. The Hall–Kier alpha value is -2.25. The fourth-order valence-corrected chi connectivity index (χ4v) is 4.80. The second-order valence-corrected chi connectivity index (χ2v) is 9.56. The molecule has 0 fully saturated rings. The molecular weight excluding hydrogens is 467 g/mol. The number of rotatable bonds is 6. The predicted molar refractivity (Wildman–Crippen MR) is 122 cm³/mol. The van der Waals surface area contributed by atoms with Gasteiger partial charge in [0, 0.05) is 5.02 Å². The van der Waals surface area contributed by atoms with Gasteiger partial charge in [-0.15, -0.1) is 0 Å². The third-order valence-corrected chi connectivity index (χ3v) is 6.87. The van der Waals surface area contributed by atoms with Crippen LogP contribution in [-0.2, 0) is 14.8 Å². The lowest BCUT2D eigenvalue weighted by Gasteiger charge is -2.24. The van der Waals surface area contributed by atoms with Gasteiger partial charge in [-0.3, -0.25) is 9.10 Å². The van der Waals surface area contributed by atoms with Crippen LogP contribution in [0.1, 0.15) is 5.56 Å². The maximum Gasteiger partial charge on any atom is 0.264 e. The summed E-state index contributed by atoms with van der Waals surface area (Å²) in [5.74, 6) is -0.610. The van der Waals surface area contributed by atoms with E-state index in [9.17, 15) is 13.2 Å². The van der Waals surface area contributed by atoms with Crippen LogP contribution < -0.4 is 9.62 Å². The average molecular weight is 484 g/mol. The van der Waals surface area contributed by atoms with E-state index in [1.165, 1.54) is 18.2 Å². The highest BCUT2D eigenvalue weighted by molar-refractivity contribution is 7.92. The summed E-state index contributed by atoms with van der Waals surface area (Å²) in [5.41, 5.74) is 1.38. The molecule has 9 heteroatoms. The number of sulfonamides is 1. The van der Waals surface area contributed by atoms with Crippen molar-refractivity contribution in [3.63, 3.8) is 0 Å². The van der Waals surface area contributed by atoms with Crippen LogP contribution in [0.15, 0.2) is 71.6 Å². The summed E-state index contributed by atoms with van der Waals surface area (Å²) in [6.45, 7) is 1.35. The van der Waals surface area contributed by atoms with E-state index in [1.807, 2.05) is 6.92 Å². The molecule has 0 heterocycles. The van der Waals surface area contributed by atoms with Gasteiger partial charge >= 0.3 is 0 Å². The van der Waals surface area contributed by atoms with Gasteiger partial charge in [0.15, 0.2) is 0 Å². The van der Waals surface area contributed by atoms with E-state index >= 15 is 0 Å². The molecule has 0 saturated carbocycles. The lowest BCUT2D eigenvalue weighted by atomic mass is 10.2. The highest BCUT2D eigenvalue weighted by Crippen LogP contribution is 2.31. The Morgan fingerprint density at radius 1 is 0.933 bits per heavy atom. The fourth-order valence-electron chi connectivity index (χ4n) is 2.71. The predicted octanol–water partition coefficient (Wildman–Crippen LogP) is 5.79. The summed E-state index contributed by atoms with van der Waals surface area (Å²) >= 11 is 18.3. The molecular formula is C21H17Cl3N2O3S. The highest BCUT2D eigenvalue weighted by atomic mass is 35.5. The number of carbonyl (C=O) groups excluding carboxylic acids is 1. The van der Waals surface area contributed by atoms with Gasteiger partial charge in [-0.2, -0.15) is 0 Å². The summed E-state index contributed by atoms with van der Waals surface area (Å²) in [5, 5.41) is 3.41. The van der Waals surface area contributed by atoms with E-state index < -0.39 is 22.5 Å². The highest BCUT2D eigenvalue weighted by Gasteiger charge is 2.27. The second kappa shape index (κ2) is 9.27. The minimum absolute atomic E-state index is 0.0525. The van der Waals surface area contributed by atoms with E-state index in [1.54, 1.807) is 48.5 Å². The minimum Gasteiger partial charge on any atom is -0.322 e. The lowest BCUT2D eigenvalue weighted by Crippen LogP contribution is -2.38. The van der Waals surface area contributed by atoms with Crippen LogP contribution in [0.2, 0.25) is 15.1 Å². The second-order valence-electron chi connectivity index (χ2n) is 6.45. The summed E-state index contributed by atoms with van der Waals surface area (Å²) < 4.78 is 27.6. The maximum atomic E-state index is 13.3. The number of halogens is 3. The smallest absolute Gasteiger partial charge is 0.264 e. The van der Waals surface area contributed by atoms with Crippen molar-refractivity contribution < 1.29 is 13.2 Å². The van der Waals surface area contributed by atoms with E-state index in [0.717, 1.165) is 9.87 Å². The van der Waals surface area contributed by atoms with Gasteiger partial charge in [0.1, 0.15) is 6.54 Å². The van der Waals surface area contributed by atoms with E-state index in [2.05, 4.69) is 5.32 Å². The van der Waals surface area contributed by atoms with Crippen molar-refractivity contribution in [1.82, 2.24) is 0 Å². The number of nitrogens with one attached hydrogen (secondary N) is 1. The van der Waals surface area contributed by atoms with Crippen LogP contribution in [0.3, 0.4) is 0 Å². The fraction of sp³-hybridized carbons (Fsp3) is 0.0952. The molecule has 0 atom stereocenters. The SMILES string of the molecule is Cc1ccc(S(=O)(=O)N(CC(=O)Nc2c(Cl)cccc2Cl)c2cccc(Cl)c2)cc1. The molecule has 1 N–H and O–H groups in total. The van der Waals surface area contributed by atoms with Crippen LogP contribution >= 0.6 is 34.8 Å². The standard InChI is InChI=1S/C21H17Cl3N2O3S/c1-14-8-10-17(11-9-14)30(28,29)26(16-5-2-4-15(22)12-16)13-20(27)25-21-18(23)6-3-7-19(21)24/h2-12H,13H2,1H3,(H,25,27). The molecule has 0 unspecified atom stereocenters. The molecule has 156 valence electrons. The lowest BCUT2D eigenvalue weighted by molar-refractivity contribution is -0.114. The Balaban J connectivity index is 1.98. The largest absolute Gasteiger partial charge is 0.322 e. The van der Waals surface area contributed by atoms with Crippen LogP contribution in [0.5, 0.6) is 0 Å². The van der Waals surface area contributed by atoms with Crippen molar-refractivity contribution in [2.24, 2.45) is 0 Å². The number of hydrogen-bond acceptors (Lipinski definition) is 3. The molecule has 0 saturated heterocycles. The molecule has 0 radical (unpaired) electrons. The number of nitrogens with zero attached hydrogens (tertiary/aromatic N) is 1. The van der Waals surface area contributed by atoms with Gasteiger partial charge in [0.05, 0.1) is 26.3 Å². The van der Waals surface area contributed by atoms with Crippen LogP contribution in [0, 0.1) is 6.92 Å². The summed E-state index contributed by atoms with van der Waals surface area (Å²) in [7, 11) is -4.05. The zero-order chi connectivity index (χ0) is 21.9. The van der Waals surface area contributed by atoms with Gasteiger partial charge in [0.25, 0.3) is 10.0 Å². The first-order chi connectivity index (χ1) is 14.2. The Bertz CT molecular complexity index is 1160. The summed E-state index contributed by atoms with van der Waals surface area (Å²) in [4.78, 5) is 12.8. The zero-order valence-electron chi connectivity index (χ0n) is 15.8. The molecule has 0 aliphatic rings. The average Bonchev–Trinajstić information content (AvgIpc) is 2.69. The van der Waals surface area contributed by atoms with E-state index in [-0.39, 0.29) is 26.3 Å². The molecule has 3 aromatic rings. The van der Waals surface area contributed by atoms with E-state index in [0.29, 0.717) is 5.02 Å². The number of carbonyl (C=O) groups is 1. The first kappa shape index (κ1) is 22.4. The summed E-state index contributed by atoms with van der Waals surface area (Å²) in [6.07, 6.45) is 0. The normalized spacial score (nSPS) is 11.2. The quantitative estimate of drug-likeness (QED) is 0.482. The van der Waals surface area contributed by atoms with Crippen molar-refractivity contribution in [2.45, 2.75) is 11.8 Å². The first-order valence-corrected chi connectivity index (χ1v) is 11.3. The van der Waals surface area contributed by atoms with E-state index in [4.69, 9.17) is 34.8 Å². The van der Waals surface area contributed by atoms with Gasteiger partial charge in [-0.1, -0.05) is 64.6 Å². The van der Waals surface area contributed by atoms with Crippen molar-refractivity contribution in [1.29, 1.82) is 0 Å².